The van der Waals surface area contributed by atoms with Crippen molar-refractivity contribution in [1.29, 1.82) is 0 Å². The van der Waals surface area contributed by atoms with E-state index in [0.29, 0.717) is 0 Å². The molecule has 0 amide bonds. The standard InChI is InChI=1S/5ClH.W/h5*1H;/q;;;;;+5/p-5. The third-order valence-corrected chi connectivity index (χ3v) is 0. The van der Waals surface area contributed by atoms with Gasteiger partial charge in [-0.05, 0) is 0 Å². The van der Waals surface area contributed by atoms with Gasteiger partial charge in [0.15, 0.2) is 0 Å². The van der Waals surface area contributed by atoms with E-state index in [1.807, 2.05) is 0 Å². The van der Waals surface area contributed by atoms with Gasteiger partial charge in [0.1, 0.15) is 0 Å². The Bertz CT molecular complexity index is 37.1. The van der Waals surface area contributed by atoms with E-state index in [4.69, 9.17) is 47.1 Å². The van der Waals surface area contributed by atoms with Gasteiger partial charge in [0.05, 0.1) is 0 Å². The van der Waals surface area contributed by atoms with Gasteiger partial charge in [-0.3, -0.25) is 0 Å². The van der Waals surface area contributed by atoms with Crippen molar-refractivity contribution in [2.24, 2.45) is 0 Å². The van der Waals surface area contributed by atoms with Crippen molar-refractivity contribution < 1.29 is 9.60 Å². The monoisotopic (exact) mass is 359 g/mol. The summed E-state index contributed by atoms with van der Waals surface area (Å²) in [7, 11) is 20.9. The van der Waals surface area contributed by atoms with Crippen molar-refractivity contribution in [3.05, 3.63) is 0 Å². The maximum atomic E-state index is 5.06. The van der Waals surface area contributed by atoms with E-state index in [0.717, 1.165) is 0 Å². The van der Waals surface area contributed by atoms with Crippen molar-refractivity contribution in [1.82, 2.24) is 0 Å². The molecule has 0 unspecified atom stereocenters. The number of hydrogen-bond donors (Lipinski definition) is 0. The van der Waals surface area contributed by atoms with Gasteiger partial charge in [-0.2, -0.15) is 0 Å². The van der Waals surface area contributed by atoms with Crippen LogP contribution >= 0.6 is 47.1 Å². The van der Waals surface area contributed by atoms with Gasteiger partial charge in [0.25, 0.3) is 0 Å². The molecule has 0 nitrogen and oxygen atoms in total. The first kappa shape index (κ1) is 8.14. The van der Waals surface area contributed by atoms with Crippen molar-refractivity contribution in [2.75, 3.05) is 0 Å². The van der Waals surface area contributed by atoms with Crippen LogP contribution in [0.15, 0.2) is 0 Å². The Morgan fingerprint density at radius 2 is 0.667 bits per heavy atom. The zero-order valence-corrected chi connectivity index (χ0v) is 9.01. The van der Waals surface area contributed by atoms with Crippen LogP contribution in [0.3, 0.4) is 0 Å². The molecule has 0 aromatic heterocycles. The first-order valence-electron chi connectivity index (χ1n) is 0.772. The third kappa shape index (κ3) is 35.4. The normalized spacial score (nSPS) is 19.2. The molecule has 0 aromatic rings. The van der Waals surface area contributed by atoms with Gasteiger partial charge >= 0.3 is 56.7 Å². The molecule has 0 aliphatic rings. The second-order valence-electron chi connectivity index (χ2n) is 0.583. The van der Waals surface area contributed by atoms with Gasteiger partial charge in [0.2, 0.25) is 0 Å². The van der Waals surface area contributed by atoms with Gasteiger partial charge in [-0.25, -0.2) is 0 Å². The summed E-state index contributed by atoms with van der Waals surface area (Å²) in [5.41, 5.74) is 0. The van der Waals surface area contributed by atoms with E-state index >= 15 is 0 Å². The maximum absolute atomic E-state index is 5.06. The predicted octanol–water partition coefficient (Wildman–Crippen LogP) is 3.44. The minimum absolute atomic E-state index is 4.39. The summed E-state index contributed by atoms with van der Waals surface area (Å²) in [6.45, 7) is 0. The molecule has 0 heterocycles. The van der Waals surface area contributed by atoms with E-state index in [2.05, 4.69) is 0 Å². The average molecular weight is 361 g/mol. The zero-order valence-electron chi connectivity index (χ0n) is 2.30. The molecule has 0 spiro atoms. The molecule has 0 aromatic carbocycles. The van der Waals surface area contributed by atoms with Crippen molar-refractivity contribution >= 4 is 47.1 Å². The van der Waals surface area contributed by atoms with Crippen LogP contribution in [0.4, 0.5) is 0 Å². The molecule has 0 rings (SSSR count). The summed E-state index contributed by atoms with van der Waals surface area (Å²) in [5.74, 6) is 0. The van der Waals surface area contributed by atoms with Crippen LogP contribution in [0.1, 0.15) is 0 Å². The Morgan fingerprint density at radius 3 is 0.667 bits per heavy atom. The van der Waals surface area contributed by atoms with Gasteiger partial charge in [0, 0.05) is 0 Å². The summed E-state index contributed by atoms with van der Waals surface area (Å²) in [5, 5.41) is 0. The fourth-order valence-electron chi connectivity index (χ4n) is 0. The molecule has 0 saturated carbocycles. The average Bonchev–Trinajstić information content (AvgIpc) is 0.650. The topological polar surface area (TPSA) is 0 Å². The molecule has 0 atom stereocenters. The molecule has 0 bridgehead atoms. The molecule has 0 saturated heterocycles. The fourth-order valence-corrected chi connectivity index (χ4v) is 0. The van der Waals surface area contributed by atoms with Gasteiger partial charge < -0.3 is 0 Å². The predicted molar refractivity (Wildman–Crippen MR) is 29.3 cm³/mol. The van der Waals surface area contributed by atoms with Crippen molar-refractivity contribution in [2.45, 2.75) is 0 Å². The number of hydrogen-bond acceptors (Lipinski definition) is 0. The van der Waals surface area contributed by atoms with E-state index in [-0.39, 0.29) is 0 Å². The van der Waals surface area contributed by atoms with Gasteiger partial charge in [-0.15, -0.1) is 0 Å². The second kappa shape index (κ2) is 1.83. The fraction of sp³-hybridized carbons (Fsp3) is 0. The van der Waals surface area contributed by atoms with Crippen LogP contribution < -0.4 is 0 Å². The molecule has 0 aliphatic heterocycles. The Hall–Kier alpha value is 2.14. The SMILES string of the molecule is [Cl][W]([Cl])([Cl])([Cl])[Cl]. The van der Waals surface area contributed by atoms with E-state index in [9.17, 15) is 0 Å². The Kier molecular flexibility index (Phi) is 2.48. The van der Waals surface area contributed by atoms with Crippen LogP contribution in [-0.2, 0) is 9.60 Å². The minimum atomic E-state index is -4.39. The first-order chi connectivity index (χ1) is 2.24. The van der Waals surface area contributed by atoms with Crippen molar-refractivity contribution in [3.63, 3.8) is 0 Å². The molecular formula is Cl5W. The summed E-state index contributed by atoms with van der Waals surface area (Å²) in [4.78, 5) is 0. The van der Waals surface area contributed by atoms with Crippen LogP contribution in [-0.4, -0.2) is 0 Å². The molecule has 6 heteroatoms. The quantitative estimate of drug-likeness (QED) is 0.620. The van der Waals surface area contributed by atoms with E-state index in [1.54, 1.807) is 0 Å². The Morgan fingerprint density at radius 1 is 0.667 bits per heavy atom. The molecule has 0 fully saturated rings. The summed E-state index contributed by atoms with van der Waals surface area (Å²) in [6, 6.07) is 0. The van der Waals surface area contributed by atoms with Crippen LogP contribution in [0.5, 0.6) is 0 Å². The number of rotatable bonds is 0. The van der Waals surface area contributed by atoms with Crippen LogP contribution in [0.2, 0.25) is 0 Å². The second-order valence-corrected chi connectivity index (χ2v) is 43.0. The summed E-state index contributed by atoms with van der Waals surface area (Å²) >= 11 is 0. The third-order valence-electron chi connectivity index (χ3n) is 0. The summed E-state index contributed by atoms with van der Waals surface area (Å²) in [6.07, 6.45) is 0. The molecule has 6 heavy (non-hydrogen) atoms. The Balaban J connectivity index is 3.73. The molecule has 0 N–H and O–H groups in total. The molecule has 0 aliphatic carbocycles. The van der Waals surface area contributed by atoms with Crippen LogP contribution in [0.25, 0.3) is 0 Å². The molecular weight excluding hydrogens is 361 g/mol. The zero-order chi connectivity index (χ0) is 5.45. The van der Waals surface area contributed by atoms with Crippen molar-refractivity contribution in [3.8, 4) is 0 Å². The molecule has 41 valence electrons. The first-order valence-corrected chi connectivity index (χ1v) is 18.9. The van der Waals surface area contributed by atoms with Crippen LogP contribution in [0, 0.1) is 0 Å². The molecule has 0 radical (unpaired) electrons. The van der Waals surface area contributed by atoms with Gasteiger partial charge in [-0.1, -0.05) is 0 Å². The van der Waals surface area contributed by atoms with E-state index in [1.165, 1.54) is 0 Å². The van der Waals surface area contributed by atoms with E-state index < -0.39 is 9.60 Å². The number of halogens is 5. The Labute approximate surface area is 56.1 Å². The summed E-state index contributed by atoms with van der Waals surface area (Å²) < 4.78 is 0.